The molecule has 1 aromatic carbocycles. The third-order valence-corrected chi connectivity index (χ3v) is 4.33. The number of thioether (sulfide) groups is 1. The van der Waals surface area contributed by atoms with Gasteiger partial charge in [-0.3, -0.25) is 0 Å². The van der Waals surface area contributed by atoms with Crippen LogP contribution >= 0.6 is 11.8 Å². The molecule has 3 heterocycles. The Bertz CT molecular complexity index is 931. The summed E-state index contributed by atoms with van der Waals surface area (Å²) in [6, 6.07) is 6.96. The summed E-state index contributed by atoms with van der Waals surface area (Å²) < 4.78 is 12.1. The first-order valence-electron chi connectivity index (χ1n) is 7.20. The van der Waals surface area contributed by atoms with Crippen LogP contribution in [0.4, 0.5) is 0 Å². The number of aromatic nitrogens is 5. The first-order chi connectivity index (χ1) is 12.2. The topological polar surface area (TPSA) is 112 Å². The highest BCUT2D eigenvalue weighted by Gasteiger charge is 2.22. The van der Waals surface area contributed by atoms with Crippen molar-refractivity contribution in [3.8, 4) is 17.2 Å². The SMILES string of the molecule is O=C(O)c1nnn(-c2ccc3c(c2)OCO3)c1CSc1ncccn1. The maximum absolute atomic E-state index is 11.5. The first-order valence-corrected chi connectivity index (χ1v) is 8.18. The zero-order chi connectivity index (χ0) is 17.2. The molecule has 0 bridgehead atoms. The van der Waals surface area contributed by atoms with Gasteiger partial charge in [0, 0.05) is 24.2 Å². The minimum Gasteiger partial charge on any atom is -0.476 e. The number of hydrogen-bond donors (Lipinski definition) is 1. The van der Waals surface area contributed by atoms with Crippen LogP contribution in [0.3, 0.4) is 0 Å². The Morgan fingerprint density at radius 3 is 2.84 bits per heavy atom. The predicted molar refractivity (Wildman–Crippen MR) is 86.0 cm³/mol. The van der Waals surface area contributed by atoms with Gasteiger partial charge in [0.05, 0.1) is 11.4 Å². The second kappa shape index (κ2) is 6.40. The second-order valence-electron chi connectivity index (χ2n) is 4.96. The molecule has 1 N–H and O–H groups in total. The van der Waals surface area contributed by atoms with Crippen LogP contribution in [0, 0.1) is 0 Å². The zero-order valence-electron chi connectivity index (χ0n) is 12.7. The average Bonchev–Trinajstić information content (AvgIpc) is 3.26. The van der Waals surface area contributed by atoms with Crippen LogP contribution in [0.5, 0.6) is 11.5 Å². The number of carbonyl (C=O) groups is 1. The van der Waals surface area contributed by atoms with Gasteiger partial charge in [-0.25, -0.2) is 19.4 Å². The van der Waals surface area contributed by atoms with E-state index in [2.05, 4.69) is 20.3 Å². The van der Waals surface area contributed by atoms with E-state index in [1.54, 1.807) is 36.7 Å². The number of hydrogen-bond acceptors (Lipinski definition) is 8. The molecule has 0 saturated carbocycles. The molecule has 0 saturated heterocycles. The molecule has 0 unspecified atom stereocenters. The zero-order valence-corrected chi connectivity index (χ0v) is 13.5. The molecule has 1 aliphatic heterocycles. The van der Waals surface area contributed by atoms with Crippen LogP contribution in [0.2, 0.25) is 0 Å². The summed E-state index contributed by atoms with van der Waals surface area (Å²) in [6.45, 7) is 0.157. The van der Waals surface area contributed by atoms with Gasteiger partial charge in [-0.05, 0) is 18.2 Å². The summed E-state index contributed by atoms with van der Waals surface area (Å²) in [5.41, 5.74) is 0.957. The van der Waals surface area contributed by atoms with Crippen LogP contribution in [-0.4, -0.2) is 42.8 Å². The van der Waals surface area contributed by atoms with E-state index in [0.717, 1.165) is 0 Å². The van der Waals surface area contributed by atoms with Crippen molar-refractivity contribution in [2.24, 2.45) is 0 Å². The molecule has 0 amide bonds. The van der Waals surface area contributed by atoms with E-state index < -0.39 is 5.97 Å². The fourth-order valence-corrected chi connectivity index (χ4v) is 3.11. The number of fused-ring (bicyclic) bond motifs is 1. The summed E-state index contributed by atoms with van der Waals surface area (Å²) in [5.74, 6) is 0.370. The molecule has 0 fully saturated rings. The minimum absolute atomic E-state index is 0.110. The van der Waals surface area contributed by atoms with Gasteiger partial charge in [-0.15, -0.1) is 5.10 Å². The van der Waals surface area contributed by atoms with Gasteiger partial charge in [0.1, 0.15) is 0 Å². The number of carboxylic acids is 1. The number of rotatable bonds is 5. The van der Waals surface area contributed by atoms with Crippen LogP contribution < -0.4 is 9.47 Å². The quantitative estimate of drug-likeness (QED) is 0.539. The number of benzene rings is 1. The van der Waals surface area contributed by atoms with Crippen molar-refractivity contribution in [1.82, 2.24) is 25.0 Å². The van der Waals surface area contributed by atoms with Crippen molar-refractivity contribution in [1.29, 1.82) is 0 Å². The van der Waals surface area contributed by atoms with E-state index in [0.29, 0.717) is 33.8 Å². The van der Waals surface area contributed by atoms with Crippen molar-refractivity contribution in [3.63, 3.8) is 0 Å². The van der Waals surface area contributed by atoms with Gasteiger partial charge in [0.2, 0.25) is 6.79 Å². The molecular weight excluding hydrogens is 346 g/mol. The molecule has 3 aromatic rings. The van der Waals surface area contributed by atoms with E-state index in [9.17, 15) is 9.90 Å². The summed E-state index contributed by atoms with van der Waals surface area (Å²) >= 11 is 1.30. The van der Waals surface area contributed by atoms with Crippen LogP contribution in [0.25, 0.3) is 5.69 Å². The van der Waals surface area contributed by atoms with Gasteiger partial charge in [-0.2, -0.15) is 0 Å². The Kier molecular flexibility index (Phi) is 3.94. The number of aromatic carboxylic acids is 1. The van der Waals surface area contributed by atoms with Gasteiger partial charge in [0.25, 0.3) is 0 Å². The third-order valence-electron chi connectivity index (χ3n) is 3.45. The summed E-state index contributed by atoms with van der Waals surface area (Å²) in [4.78, 5) is 19.7. The van der Waals surface area contributed by atoms with Gasteiger partial charge >= 0.3 is 5.97 Å². The van der Waals surface area contributed by atoms with Gasteiger partial charge in [-0.1, -0.05) is 17.0 Å². The van der Waals surface area contributed by atoms with E-state index >= 15 is 0 Å². The molecule has 0 spiro atoms. The van der Waals surface area contributed by atoms with Gasteiger partial charge < -0.3 is 14.6 Å². The van der Waals surface area contributed by atoms with Crippen molar-refractivity contribution in [3.05, 3.63) is 48.0 Å². The van der Waals surface area contributed by atoms with Crippen LogP contribution in [0.15, 0.2) is 41.8 Å². The first kappa shape index (κ1) is 15.4. The lowest BCUT2D eigenvalue weighted by Crippen LogP contribution is -2.06. The number of ether oxygens (including phenoxy) is 2. The fraction of sp³-hybridized carbons (Fsp3) is 0.133. The standard InChI is InChI=1S/C15H11N5O4S/c21-14(22)13-10(7-25-15-16-4-1-5-17-15)20(19-18-13)9-2-3-11-12(6-9)24-8-23-11/h1-6H,7-8H2,(H,21,22). The van der Waals surface area contributed by atoms with Crippen molar-refractivity contribution in [2.45, 2.75) is 10.9 Å². The van der Waals surface area contributed by atoms with Crippen molar-refractivity contribution in [2.75, 3.05) is 6.79 Å². The maximum atomic E-state index is 11.5. The Morgan fingerprint density at radius 2 is 2.04 bits per heavy atom. The molecular formula is C15H11N5O4S. The highest BCUT2D eigenvalue weighted by atomic mass is 32.2. The molecule has 10 heteroatoms. The van der Waals surface area contributed by atoms with E-state index in [4.69, 9.17) is 9.47 Å². The molecule has 9 nitrogen and oxygen atoms in total. The third kappa shape index (κ3) is 2.98. The van der Waals surface area contributed by atoms with E-state index in [1.165, 1.54) is 16.4 Å². The lowest BCUT2D eigenvalue weighted by molar-refractivity contribution is 0.0689. The summed E-state index contributed by atoms with van der Waals surface area (Å²) in [6.07, 6.45) is 3.25. The Hall–Kier alpha value is -3.14. The Balaban J connectivity index is 1.69. The van der Waals surface area contributed by atoms with E-state index in [-0.39, 0.29) is 12.5 Å². The lowest BCUT2D eigenvalue weighted by Gasteiger charge is -2.07. The normalized spacial score (nSPS) is 12.3. The Labute approximate surface area is 145 Å². The lowest BCUT2D eigenvalue weighted by atomic mass is 10.2. The van der Waals surface area contributed by atoms with Crippen molar-refractivity contribution < 1.29 is 19.4 Å². The average molecular weight is 357 g/mol. The van der Waals surface area contributed by atoms with Gasteiger partial charge in [0.15, 0.2) is 22.3 Å². The molecule has 0 aliphatic carbocycles. The molecule has 0 radical (unpaired) electrons. The van der Waals surface area contributed by atoms with Crippen LogP contribution in [0.1, 0.15) is 16.2 Å². The number of carboxylic acid groups (broad SMARTS) is 1. The monoisotopic (exact) mass is 357 g/mol. The maximum Gasteiger partial charge on any atom is 0.358 e. The van der Waals surface area contributed by atoms with Crippen LogP contribution in [-0.2, 0) is 5.75 Å². The molecule has 0 atom stereocenters. The highest BCUT2D eigenvalue weighted by molar-refractivity contribution is 7.98. The largest absolute Gasteiger partial charge is 0.476 e. The Morgan fingerprint density at radius 1 is 1.24 bits per heavy atom. The molecule has 2 aromatic heterocycles. The minimum atomic E-state index is -1.14. The smallest absolute Gasteiger partial charge is 0.358 e. The van der Waals surface area contributed by atoms with E-state index in [1.807, 2.05) is 0 Å². The summed E-state index contributed by atoms with van der Waals surface area (Å²) in [7, 11) is 0. The number of nitrogens with zero attached hydrogens (tertiary/aromatic N) is 5. The fourth-order valence-electron chi connectivity index (χ4n) is 2.31. The highest BCUT2D eigenvalue weighted by Crippen LogP contribution is 2.34. The molecule has 25 heavy (non-hydrogen) atoms. The predicted octanol–water partition coefficient (Wildman–Crippen LogP) is 1.78. The molecule has 1 aliphatic rings. The van der Waals surface area contributed by atoms with Crippen molar-refractivity contribution >= 4 is 17.7 Å². The molecule has 4 rings (SSSR count). The second-order valence-corrected chi connectivity index (χ2v) is 5.90. The summed E-state index contributed by atoms with van der Waals surface area (Å²) in [5, 5.41) is 17.7. The molecule has 126 valence electrons.